The number of thioether (sulfide) groups is 1. The van der Waals surface area contributed by atoms with Crippen LogP contribution in [0.3, 0.4) is 0 Å². The lowest BCUT2D eigenvalue weighted by Crippen LogP contribution is -2.57. The van der Waals surface area contributed by atoms with Gasteiger partial charge in [-0.25, -0.2) is 4.68 Å². The van der Waals surface area contributed by atoms with Gasteiger partial charge in [-0.3, -0.25) is 9.48 Å². The fourth-order valence-corrected chi connectivity index (χ4v) is 4.49. The minimum absolute atomic E-state index is 0.0876. The summed E-state index contributed by atoms with van der Waals surface area (Å²) in [6.07, 6.45) is -5.94. The average molecular weight is 474 g/mol. The van der Waals surface area contributed by atoms with E-state index < -0.39 is 42.0 Å². The van der Waals surface area contributed by atoms with Crippen molar-refractivity contribution in [2.24, 2.45) is 7.05 Å². The second-order valence-electron chi connectivity index (χ2n) is 7.30. The molecule has 0 aliphatic carbocycles. The first-order valence-corrected chi connectivity index (χ1v) is 10.8. The molecular weight excluding hydrogens is 450 g/mol. The summed E-state index contributed by atoms with van der Waals surface area (Å²) in [5.74, 6) is 0. The first kappa shape index (κ1) is 24.5. The molecule has 12 heteroatoms. The summed E-state index contributed by atoms with van der Waals surface area (Å²) in [4.78, 5) is 13.2. The summed E-state index contributed by atoms with van der Waals surface area (Å²) in [5.41, 5.74) is -0.870. The molecule has 1 aromatic heterocycles. The molecule has 2 aromatic rings. The number of hydrogen-bond acceptors (Lipinski definition) is 10. The highest BCUT2D eigenvalue weighted by atomic mass is 32.2. The van der Waals surface area contributed by atoms with Crippen molar-refractivity contribution in [3.63, 3.8) is 0 Å². The number of anilines is 1. The first-order chi connectivity index (χ1) is 15.7. The minimum atomic E-state index is -1.63. The van der Waals surface area contributed by atoms with Gasteiger partial charge in [0.15, 0.2) is 5.57 Å². The van der Waals surface area contributed by atoms with E-state index in [2.05, 4.69) is 5.32 Å². The molecule has 1 aromatic carbocycles. The summed E-state index contributed by atoms with van der Waals surface area (Å²) < 4.78 is 8.48. The number of aliphatic hydroxyl groups excluding tert-OH is 4. The van der Waals surface area contributed by atoms with Gasteiger partial charge < -0.3 is 30.5 Å². The molecule has 1 fully saturated rings. The molecular formula is C21H23N5O6S. The summed E-state index contributed by atoms with van der Waals surface area (Å²) in [6, 6.07) is 12.3. The van der Waals surface area contributed by atoms with Gasteiger partial charge in [0.1, 0.15) is 52.7 Å². The van der Waals surface area contributed by atoms with Gasteiger partial charge in [0.2, 0.25) is 0 Å². The number of aliphatic hydroxyl groups is 4. The Balaban J connectivity index is 2.00. The number of nitrogens with one attached hydrogen (secondary N) is 1. The zero-order valence-corrected chi connectivity index (χ0v) is 18.6. The number of ether oxygens (including phenoxy) is 1. The predicted octanol–water partition coefficient (Wildman–Crippen LogP) is -0.312. The van der Waals surface area contributed by atoms with Crippen LogP contribution in [0.1, 0.15) is 5.69 Å². The van der Waals surface area contributed by atoms with E-state index >= 15 is 0 Å². The maximum absolute atomic E-state index is 13.2. The van der Waals surface area contributed by atoms with E-state index in [0.717, 1.165) is 0 Å². The van der Waals surface area contributed by atoms with Gasteiger partial charge in [-0.2, -0.15) is 10.5 Å². The molecule has 33 heavy (non-hydrogen) atoms. The largest absolute Gasteiger partial charge is 0.394 e. The quantitative estimate of drug-likeness (QED) is 0.350. The average Bonchev–Trinajstić information content (AvgIpc) is 3.03. The Morgan fingerprint density at radius 2 is 1.79 bits per heavy atom. The van der Waals surface area contributed by atoms with Crippen molar-refractivity contribution >= 4 is 17.4 Å². The molecule has 1 aliphatic heterocycles. The molecule has 11 nitrogen and oxygen atoms in total. The maximum Gasteiger partial charge on any atom is 0.295 e. The van der Waals surface area contributed by atoms with Crippen molar-refractivity contribution in [2.75, 3.05) is 11.9 Å². The molecule has 1 saturated heterocycles. The fraction of sp³-hybridized carbons (Fsp3) is 0.381. The lowest BCUT2D eigenvalue weighted by atomic mass is 10.0. The molecule has 174 valence electrons. The van der Waals surface area contributed by atoms with E-state index in [9.17, 15) is 35.7 Å². The van der Waals surface area contributed by atoms with E-state index in [-0.39, 0.29) is 16.3 Å². The SMILES string of the molecule is Cc1c(NC(S[C@@H]2O[C@H](CO)[C@@H](O)[C@H](O)[C@H]2O)=C(C#N)C#N)c(=O)n(-c2ccccc2)n1C. The Morgan fingerprint density at radius 1 is 1.15 bits per heavy atom. The third-order valence-corrected chi connectivity index (χ3v) is 6.49. The standard InChI is InChI=1S/C21H23N5O6S/c1-11-15(20(31)26(25(11)2)13-6-4-3-5-7-13)24-19(12(8-22)9-23)33-21-18(30)17(29)16(28)14(10-27)32-21/h3-7,14,16-18,21,24,27-30H,10H2,1-2H3/t14-,16-,17+,18-,21+/m1/s1. The zero-order valence-electron chi connectivity index (χ0n) is 17.8. The molecule has 5 N–H and O–H groups in total. The molecule has 0 unspecified atom stereocenters. The highest BCUT2D eigenvalue weighted by molar-refractivity contribution is 8.03. The Kier molecular flexibility index (Phi) is 7.61. The van der Waals surface area contributed by atoms with E-state index in [4.69, 9.17) is 4.74 Å². The topological polar surface area (TPSA) is 177 Å². The number of nitrogens with zero attached hydrogens (tertiary/aromatic N) is 4. The van der Waals surface area contributed by atoms with Gasteiger partial charge in [-0.1, -0.05) is 30.0 Å². The van der Waals surface area contributed by atoms with Crippen LogP contribution < -0.4 is 10.9 Å². The van der Waals surface area contributed by atoms with E-state index in [0.29, 0.717) is 23.1 Å². The number of para-hydroxylation sites is 1. The number of aromatic nitrogens is 2. The van der Waals surface area contributed by atoms with Crippen molar-refractivity contribution in [1.82, 2.24) is 9.36 Å². The lowest BCUT2D eigenvalue weighted by molar-refractivity contribution is -0.205. The molecule has 5 atom stereocenters. The molecule has 1 aliphatic rings. The van der Waals surface area contributed by atoms with Gasteiger partial charge >= 0.3 is 0 Å². The number of allylic oxidation sites excluding steroid dienone is 1. The maximum atomic E-state index is 13.2. The summed E-state index contributed by atoms with van der Waals surface area (Å²) in [7, 11) is 1.68. The van der Waals surface area contributed by atoms with Crippen LogP contribution in [0.25, 0.3) is 5.69 Å². The number of hydrogen-bond donors (Lipinski definition) is 5. The van der Waals surface area contributed by atoms with Crippen molar-refractivity contribution in [1.29, 1.82) is 10.5 Å². The summed E-state index contributed by atoms with van der Waals surface area (Å²) in [6.45, 7) is 1.05. The van der Waals surface area contributed by atoms with Crippen molar-refractivity contribution < 1.29 is 25.2 Å². The van der Waals surface area contributed by atoms with E-state index in [1.54, 1.807) is 55.1 Å². The van der Waals surface area contributed by atoms with Crippen LogP contribution >= 0.6 is 11.8 Å². The second-order valence-corrected chi connectivity index (χ2v) is 8.41. The van der Waals surface area contributed by atoms with E-state index in [1.165, 1.54) is 4.68 Å². The normalized spacial score (nSPS) is 24.5. The Bertz CT molecular complexity index is 1160. The third kappa shape index (κ3) is 4.67. The van der Waals surface area contributed by atoms with Crippen LogP contribution in [0, 0.1) is 29.6 Å². The highest BCUT2D eigenvalue weighted by Gasteiger charge is 2.44. The summed E-state index contributed by atoms with van der Waals surface area (Å²) >= 11 is 0.691. The zero-order chi connectivity index (χ0) is 24.3. The van der Waals surface area contributed by atoms with Crippen molar-refractivity contribution in [2.45, 2.75) is 36.8 Å². The minimum Gasteiger partial charge on any atom is -0.394 e. The molecule has 0 spiro atoms. The van der Waals surface area contributed by atoms with Gasteiger partial charge in [-0.15, -0.1) is 0 Å². The number of rotatable bonds is 6. The van der Waals surface area contributed by atoms with E-state index in [1.807, 2.05) is 6.07 Å². The number of benzene rings is 1. The highest BCUT2D eigenvalue weighted by Crippen LogP contribution is 2.34. The molecule has 0 amide bonds. The smallest absolute Gasteiger partial charge is 0.295 e. The van der Waals surface area contributed by atoms with Crippen LogP contribution in [0.15, 0.2) is 45.7 Å². The predicted molar refractivity (Wildman–Crippen MR) is 119 cm³/mol. The second kappa shape index (κ2) is 10.2. The molecule has 0 bridgehead atoms. The molecule has 2 heterocycles. The van der Waals surface area contributed by atoms with Gasteiger partial charge in [0.25, 0.3) is 5.56 Å². The van der Waals surface area contributed by atoms with Crippen LogP contribution in [-0.2, 0) is 11.8 Å². The Hall–Kier alpha value is -3.10. The van der Waals surface area contributed by atoms with Crippen LogP contribution in [0.4, 0.5) is 5.69 Å². The molecule has 0 saturated carbocycles. The van der Waals surface area contributed by atoms with Gasteiger partial charge in [0.05, 0.1) is 18.0 Å². The number of nitriles is 2. The van der Waals surface area contributed by atoms with Crippen molar-refractivity contribution in [3.8, 4) is 17.8 Å². The fourth-order valence-electron chi connectivity index (χ4n) is 3.38. The van der Waals surface area contributed by atoms with Gasteiger partial charge in [-0.05, 0) is 19.1 Å². The summed E-state index contributed by atoms with van der Waals surface area (Å²) in [5, 5.41) is 61.4. The first-order valence-electron chi connectivity index (χ1n) is 9.87. The molecule has 0 radical (unpaired) electrons. The monoisotopic (exact) mass is 473 g/mol. The van der Waals surface area contributed by atoms with Crippen LogP contribution in [0.5, 0.6) is 0 Å². The van der Waals surface area contributed by atoms with Crippen LogP contribution in [-0.4, -0.2) is 66.2 Å². The molecule has 3 rings (SSSR count). The van der Waals surface area contributed by atoms with Gasteiger partial charge in [0, 0.05) is 7.05 Å². The Morgan fingerprint density at radius 3 is 2.36 bits per heavy atom. The Labute approximate surface area is 193 Å². The lowest BCUT2D eigenvalue weighted by Gasteiger charge is -2.39. The van der Waals surface area contributed by atoms with Crippen molar-refractivity contribution in [3.05, 3.63) is 57.0 Å². The third-order valence-electron chi connectivity index (χ3n) is 5.33. The van der Waals surface area contributed by atoms with Crippen LogP contribution in [0.2, 0.25) is 0 Å².